The van der Waals surface area contributed by atoms with E-state index in [9.17, 15) is 4.39 Å². The molecule has 0 amide bonds. The number of thiophene rings is 1. The Hall–Kier alpha value is -2.71. The van der Waals surface area contributed by atoms with Crippen molar-refractivity contribution in [3.63, 3.8) is 0 Å². The fraction of sp³-hybridized carbons (Fsp3) is 0.0833. The van der Waals surface area contributed by atoms with E-state index < -0.39 is 0 Å². The molecule has 1 aliphatic rings. The molecule has 126 valence electrons. The average Bonchev–Trinajstić information content (AvgIpc) is 3.10. The Morgan fingerprint density at radius 1 is 0.846 bits per heavy atom. The first-order chi connectivity index (χ1) is 12.8. The van der Waals surface area contributed by atoms with Crippen LogP contribution in [-0.4, -0.2) is 0 Å². The molecule has 1 aromatic heterocycles. The Balaban J connectivity index is 1.76. The largest absolute Gasteiger partial charge is 0.205 e. The zero-order valence-electron chi connectivity index (χ0n) is 14.2. The zero-order valence-corrected chi connectivity index (χ0v) is 15.0. The van der Waals surface area contributed by atoms with Gasteiger partial charge >= 0.3 is 0 Å². The first-order valence-corrected chi connectivity index (χ1v) is 9.70. The lowest BCUT2D eigenvalue weighted by Gasteiger charge is -2.11. The number of allylic oxidation sites excluding steroid dienone is 4. The molecule has 0 nitrogen and oxygen atoms in total. The minimum atomic E-state index is -0.140. The number of fused-ring (bicyclic) bond motifs is 3. The first kappa shape index (κ1) is 15.5. The summed E-state index contributed by atoms with van der Waals surface area (Å²) < 4.78 is 16.4. The Bertz CT molecular complexity index is 1190. The van der Waals surface area contributed by atoms with Crippen molar-refractivity contribution in [2.24, 2.45) is 0 Å². The van der Waals surface area contributed by atoms with Crippen molar-refractivity contribution in [3.8, 4) is 11.1 Å². The van der Waals surface area contributed by atoms with E-state index in [1.807, 2.05) is 18.2 Å². The summed E-state index contributed by atoms with van der Waals surface area (Å²) in [6, 6.07) is 20.3. The fourth-order valence-corrected chi connectivity index (χ4v) is 4.86. The summed E-state index contributed by atoms with van der Waals surface area (Å²) in [4.78, 5) is 0. The number of hydrogen-bond donors (Lipinski definition) is 0. The van der Waals surface area contributed by atoms with Crippen molar-refractivity contribution in [1.29, 1.82) is 0 Å². The monoisotopic (exact) mass is 356 g/mol. The van der Waals surface area contributed by atoms with Crippen molar-refractivity contribution in [3.05, 3.63) is 90.3 Å². The van der Waals surface area contributed by atoms with Crippen LogP contribution < -0.4 is 0 Å². The van der Waals surface area contributed by atoms with Crippen molar-refractivity contribution in [2.45, 2.75) is 12.8 Å². The van der Waals surface area contributed by atoms with Crippen LogP contribution in [0.3, 0.4) is 0 Å². The molecule has 0 spiro atoms. The van der Waals surface area contributed by atoms with Crippen LogP contribution >= 0.6 is 11.3 Å². The molecule has 2 heteroatoms. The van der Waals surface area contributed by atoms with Crippen LogP contribution in [0, 0.1) is 5.82 Å². The predicted octanol–water partition coefficient (Wildman–Crippen LogP) is 7.59. The van der Waals surface area contributed by atoms with Gasteiger partial charge < -0.3 is 0 Å². The molecule has 26 heavy (non-hydrogen) atoms. The van der Waals surface area contributed by atoms with Gasteiger partial charge in [0.15, 0.2) is 0 Å². The van der Waals surface area contributed by atoms with E-state index in [0.717, 1.165) is 44.1 Å². The summed E-state index contributed by atoms with van der Waals surface area (Å²) in [6.45, 7) is 0. The van der Waals surface area contributed by atoms with Crippen LogP contribution in [-0.2, 0) is 0 Å². The van der Waals surface area contributed by atoms with Crippen LogP contribution in [0.1, 0.15) is 18.4 Å². The standard InChI is InChI=1S/C24H17FS/c25-21-14-13-19(23-20-11-4-5-12-22(20)26-24(21)23)18-10-6-9-17(15-18)16-7-2-1-3-8-16/h2,4-15H,1,3H2. The van der Waals surface area contributed by atoms with Crippen LogP contribution in [0.2, 0.25) is 0 Å². The van der Waals surface area contributed by atoms with Gasteiger partial charge in [0, 0.05) is 15.5 Å². The quantitative estimate of drug-likeness (QED) is 0.347. The van der Waals surface area contributed by atoms with Crippen LogP contribution in [0.4, 0.5) is 4.39 Å². The van der Waals surface area contributed by atoms with Gasteiger partial charge in [0.1, 0.15) is 5.82 Å². The lowest BCUT2D eigenvalue weighted by atomic mass is 9.94. The molecule has 4 aromatic rings. The van der Waals surface area contributed by atoms with E-state index >= 15 is 0 Å². The topological polar surface area (TPSA) is 0 Å². The number of benzene rings is 3. The smallest absolute Gasteiger partial charge is 0.141 e. The summed E-state index contributed by atoms with van der Waals surface area (Å²) in [5.41, 5.74) is 4.72. The van der Waals surface area contributed by atoms with Gasteiger partial charge in [-0.3, -0.25) is 0 Å². The summed E-state index contributed by atoms with van der Waals surface area (Å²) in [7, 11) is 0. The molecule has 5 rings (SSSR count). The normalized spacial score (nSPS) is 14.1. The number of halogens is 1. The number of hydrogen-bond acceptors (Lipinski definition) is 1. The van der Waals surface area contributed by atoms with Crippen molar-refractivity contribution >= 4 is 37.1 Å². The Kier molecular flexibility index (Phi) is 3.72. The highest BCUT2D eigenvalue weighted by Crippen LogP contribution is 2.41. The molecule has 0 atom stereocenters. The van der Waals surface area contributed by atoms with E-state index in [1.165, 1.54) is 22.5 Å². The van der Waals surface area contributed by atoms with Gasteiger partial charge in [-0.2, -0.15) is 0 Å². The minimum Gasteiger partial charge on any atom is -0.205 e. The molecule has 0 saturated heterocycles. The van der Waals surface area contributed by atoms with E-state index in [0.29, 0.717) is 0 Å². The lowest BCUT2D eigenvalue weighted by Crippen LogP contribution is -1.88. The molecule has 0 radical (unpaired) electrons. The van der Waals surface area contributed by atoms with E-state index in [1.54, 1.807) is 6.07 Å². The lowest BCUT2D eigenvalue weighted by molar-refractivity contribution is 0.642. The van der Waals surface area contributed by atoms with Crippen molar-refractivity contribution < 1.29 is 4.39 Å². The third-order valence-electron chi connectivity index (χ3n) is 4.98. The fourth-order valence-electron chi connectivity index (χ4n) is 3.73. The summed E-state index contributed by atoms with van der Waals surface area (Å²) >= 11 is 1.53. The molecule has 1 heterocycles. The highest BCUT2D eigenvalue weighted by molar-refractivity contribution is 7.26. The van der Waals surface area contributed by atoms with Gasteiger partial charge in [0.25, 0.3) is 0 Å². The Morgan fingerprint density at radius 3 is 2.62 bits per heavy atom. The second-order valence-corrected chi connectivity index (χ2v) is 7.67. The summed E-state index contributed by atoms with van der Waals surface area (Å²) in [6.07, 6.45) is 8.92. The van der Waals surface area contributed by atoms with Gasteiger partial charge in [-0.25, -0.2) is 4.39 Å². The maximum Gasteiger partial charge on any atom is 0.141 e. The molecule has 0 N–H and O–H groups in total. The molecule has 0 unspecified atom stereocenters. The zero-order chi connectivity index (χ0) is 17.5. The van der Waals surface area contributed by atoms with Crippen LogP contribution in [0.5, 0.6) is 0 Å². The predicted molar refractivity (Wildman–Crippen MR) is 111 cm³/mol. The summed E-state index contributed by atoms with van der Waals surface area (Å²) in [5, 5.41) is 2.15. The van der Waals surface area contributed by atoms with Gasteiger partial charge in [-0.1, -0.05) is 60.7 Å². The maximum absolute atomic E-state index is 14.5. The first-order valence-electron chi connectivity index (χ1n) is 8.88. The van der Waals surface area contributed by atoms with Gasteiger partial charge in [0.2, 0.25) is 0 Å². The highest BCUT2D eigenvalue weighted by atomic mass is 32.1. The molecule has 1 aliphatic carbocycles. The maximum atomic E-state index is 14.5. The second kappa shape index (κ2) is 6.22. The molecule has 0 aliphatic heterocycles. The molecule has 0 bridgehead atoms. The van der Waals surface area contributed by atoms with E-state index in [2.05, 4.69) is 54.6 Å². The van der Waals surface area contributed by atoms with E-state index in [4.69, 9.17) is 0 Å². The van der Waals surface area contributed by atoms with E-state index in [-0.39, 0.29) is 5.82 Å². The number of rotatable bonds is 2. The van der Waals surface area contributed by atoms with Crippen LogP contribution in [0.15, 0.2) is 78.9 Å². The molecular formula is C24H17FS. The van der Waals surface area contributed by atoms with Gasteiger partial charge in [-0.05, 0) is 53.3 Å². The molecule has 0 fully saturated rings. The van der Waals surface area contributed by atoms with Crippen LogP contribution in [0.25, 0.3) is 36.9 Å². The Labute approximate surface area is 155 Å². The molecular weight excluding hydrogens is 339 g/mol. The average molecular weight is 356 g/mol. The molecule has 0 saturated carbocycles. The van der Waals surface area contributed by atoms with Gasteiger partial charge in [-0.15, -0.1) is 11.3 Å². The summed E-state index contributed by atoms with van der Waals surface area (Å²) in [5.74, 6) is -0.140. The third-order valence-corrected chi connectivity index (χ3v) is 6.16. The van der Waals surface area contributed by atoms with Gasteiger partial charge in [0.05, 0.1) is 4.70 Å². The SMILES string of the molecule is Fc1ccc(-c2cccc(C3=CCCC=C3)c2)c2c1sc1ccccc12. The third kappa shape index (κ3) is 2.49. The minimum absolute atomic E-state index is 0.140. The Morgan fingerprint density at radius 2 is 1.73 bits per heavy atom. The highest BCUT2D eigenvalue weighted by Gasteiger charge is 2.14. The van der Waals surface area contributed by atoms with Crippen molar-refractivity contribution in [1.82, 2.24) is 0 Å². The van der Waals surface area contributed by atoms with Crippen molar-refractivity contribution in [2.75, 3.05) is 0 Å². The second-order valence-electron chi connectivity index (χ2n) is 6.62. The molecule has 3 aromatic carbocycles.